The van der Waals surface area contributed by atoms with E-state index in [2.05, 4.69) is 5.32 Å². The van der Waals surface area contributed by atoms with Gasteiger partial charge in [-0.25, -0.2) is 4.39 Å². The predicted molar refractivity (Wildman–Crippen MR) is 82.5 cm³/mol. The van der Waals surface area contributed by atoms with E-state index in [1.165, 1.54) is 12.1 Å². The van der Waals surface area contributed by atoms with E-state index in [1.807, 2.05) is 18.2 Å². The van der Waals surface area contributed by atoms with Crippen molar-refractivity contribution in [3.05, 3.63) is 59.4 Å². The van der Waals surface area contributed by atoms with Crippen LogP contribution in [0.2, 0.25) is 0 Å². The maximum atomic E-state index is 12.8. The number of aliphatic hydroxyl groups is 1. The Morgan fingerprint density at radius 1 is 1.00 bits per heavy atom. The molecule has 4 nitrogen and oxygen atoms in total. The van der Waals surface area contributed by atoms with Crippen LogP contribution in [0, 0.1) is 5.82 Å². The first-order chi connectivity index (χ1) is 10.7. The van der Waals surface area contributed by atoms with Crippen molar-refractivity contribution < 1.29 is 19.0 Å². The van der Waals surface area contributed by atoms with Crippen molar-refractivity contribution in [1.29, 1.82) is 0 Å². The molecule has 0 aliphatic heterocycles. The van der Waals surface area contributed by atoms with E-state index in [-0.39, 0.29) is 19.0 Å². The number of halogens is 1. The number of nitrogens with one attached hydrogen (secondary N) is 1. The van der Waals surface area contributed by atoms with Gasteiger partial charge in [-0.15, -0.1) is 0 Å². The van der Waals surface area contributed by atoms with Gasteiger partial charge < -0.3 is 19.9 Å². The van der Waals surface area contributed by atoms with Crippen LogP contribution in [0.15, 0.2) is 42.5 Å². The molecule has 2 rings (SSSR count). The molecule has 0 atom stereocenters. The molecule has 0 amide bonds. The van der Waals surface area contributed by atoms with Gasteiger partial charge in [-0.2, -0.15) is 0 Å². The lowest BCUT2D eigenvalue weighted by atomic mass is 10.2. The highest BCUT2D eigenvalue weighted by molar-refractivity contribution is 5.43. The highest BCUT2D eigenvalue weighted by Gasteiger charge is 2.05. The summed E-state index contributed by atoms with van der Waals surface area (Å²) in [6.07, 6.45) is 0. The second-order valence-electron chi connectivity index (χ2n) is 4.79. The molecule has 2 N–H and O–H groups in total. The fourth-order valence-electron chi connectivity index (χ4n) is 2.05. The van der Waals surface area contributed by atoms with Crippen LogP contribution in [0.25, 0.3) is 0 Å². The zero-order chi connectivity index (χ0) is 15.8. The summed E-state index contributed by atoms with van der Waals surface area (Å²) < 4.78 is 23.5. The molecule has 2 aromatic carbocycles. The summed E-state index contributed by atoms with van der Waals surface area (Å²) >= 11 is 0. The fraction of sp³-hybridized carbons (Fsp3) is 0.294. The zero-order valence-corrected chi connectivity index (χ0v) is 12.5. The van der Waals surface area contributed by atoms with E-state index < -0.39 is 0 Å². The number of benzene rings is 2. The number of aliphatic hydroxyl groups excluding tert-OH is 1. The summed E-state index contributed by atoms with van der Waals surface area (Å²) in [4.78, 5) is 0. The Labute approximate surface area is 129 Å². The van der Waals surface area contributed by atoms with Gasteiger partial charge in [0, 0.05) is 13.1 Å². The summed E-state index contributed by atoms with van der Waals surface area (Å²) in [5.74, 6) is 1.01. The number of hydrogen-bond acceptors (Lipinski definition) is 4. The first-order valence-electron chi connectivity index (χ1n) is 7.08. The molecule has 0 aromatic heterocycles. The minimum absolute atomic E-state index is 0.0376. The summed E-state index contributed by atoms with van der Waals surface area (Å²) in [5.41, 5.74) is 2.08. The van der Waals surface area contributed by atoms with Crippen molar-refractivity contribution in [2.24, 2.45) is 0 Å². The molecule has 5 heteroatoms. The monoisotopic (exact) mass is 305 g/mol. The maximum absolute atomic E-state index is 12.8. The zero-order valence-electron chi connectivity index (χ0n) is 12.5. The third-order valence-electron chi connectivity index (χ3n) is 3.15. The molecule has 0 saturated carbocycles. The maximum Gasteiger partial charge on any atom is 0.161 e. The normalized spacial score (nSPS) is 10.5. The molecule has 0 radical (unpaired) electrons. The second kappa shape index (κ2) is 8.36. The first-order valence-corrected chi connectivity index (χ1v) is 7.08. The van der Waals surface area contributed by atoms with Gasteiger partial charge in [-0.3, -0.25) is 0 Å². The third-order valence-corrected chi connectivity index (χ3v) is 3.15. The first kappa shape index (κ1) is 16.3. The van der Waals surface area contributed by atoms with Gasteiger partial charge in [0.05, 0.1) is 13.7 Å². The lowest BCUT2D eigenvalue weighted by Crippen LogP contribution is -2.13. The average Bonchev–Trinajstić information content (AvgIpc) is 2.55. The molecule has 0 bridgehead atoms. The minimum Gasteiger partial charge on any atom is -0.493 e. The molecule has 0 unspecified atom stereocenters. The van der Waals surface area contributed by atoms with Gasteiger partial charge in [0.25, 0.3) is 0 Å². The van der Waals surface area contributed by atoms with Crippen LogP contribution < -0.4 is 14.8 Å². The molecule has 0 heterocycles. The van der Waals surface area contributed by atoms with Gasteiger partial charge in [0.1, 0.15) is 12.4 Å². The van der Waals surface area contributed by atoms with E-state index in [9.17, 15) is 4.39 Å². The van der Waals surface area contributed by atoms with Crippen LogP contribution >= 0.6 is 0 Å². The average molecular weight is 305 g/mol. The third kappa shape index (κ3) is 4.72. The molecule has 0 spiro atoms. The molecule has 0 fully saturated rings. The quantitative estimate of drug-likeness (QED) is 0.787. The predicted octanol–water partition coefficient (Wildman–Crippen LogP) is 2.50. The van der Waals surface area contributed by atoms with Gasteiger partial charge >= 0.3 is 0 Å². The van der Waals surface area contributed by atoms with Crippen LogP contribution in [0.5, 0.6) is 11.5 Å². The Morgan fingerprint density at radius 3 is 2.36 bits per heavy atom. The van der Waals surface area contributed by atoms with Crippen molar-refractivity contribution in [3.63, 3.8) is 0 Å². The molecule has 0 aliphatic carbocycles. The van der Waals surface area contributed by atoms with Gasteiger partial charge in [-0.1, -0.05) is 18.2 Å². The van der Waals surface area contributed by atoms with Crippen molar-refractivity contribution >= 4 is 0 Å². The van der Waals surface area contributed by atoms with Crippen molar-refractivity contribution in [3.8, 4) is 11.5 Å². The Morgan fingerprint density at radius 2 is 1.68 bits per heavy atom. The van der Waals surface area contributed by atoms with E-state index in [0.29, 0.717) is 24.6 Å². The van der Waals surface area contributed by atoms with E-state index in [0.717, 1.165) is 11.1 Å². The highest BCUT2D eigenvalue weighted by Crippen LogP contribution is 2.27. The van der Waals surface area contributed by atoms with Crippen LogP contribution in [0.1, 0.15) is 11.1 Å². The Bertz CT molecular complexity index is 587. The number of methoxy groups -OCH3 is 1. The summed E-state index contributed by atoms with van der Waals surface area (Å²) in [7, 11) is 1.58. The second-order valence-corrected chi connectivity index (χ2v) is 4.79. The fourth-order valence-corrected chi connectivity index (χ4v) is 2.05. The highest BCUT2D eigenvalue weighted by atomic mass is 19.1. The van der Waals surface area contributed by atoms with Crippen LogP contribution in [-0.4, -0.2) is 25.4 Å². The van der Waals surface area contributed by atoms with E-state index in [4.69, 9.17) is 14.6 Å². The summed E-state index contributed by atoms with van der Waals surface area (Å²) in [5, 5.41) is 12.1. The lowest BCUT2D eigenvalue weighted by Gasteiger charge is -2.12. The molecule has 2 aromatic rings. The SMILES string of the molecule is COc1cc(CNCc2ccc(F)cc2)ccc1OCCO. The van der Waals surface area contributed by atoms with Gasteiger partial charge in [-0.05, 0) is 35.4 Å². The molecule has 22 heavy (non-hydrogen) atoms. The largest absolute Gasteiger partial charge is 0.493 e. The lowest BCUT2D eigenvalue weighted by molar-refractivity contribution is 0.196. The summed E-state index contributed by atoms with van der Waals surface area (Å²) in [6.45, 7) is 1.52. The molecular weight excluding hydrogens is 285 g/mol. The topological polar surface area (TPSA) is 50.7 Å². The molecule has 0 aliphatic rings. The number of hydrogen-bond donors (Lipinski definition) is 2. The minimum atomic E-state index is -0.230. The summed E-state index contributed by atoms with van der Waals surface area (Å²) in [6, 6.07) is 12.1. The van der Waals surface area contributed by atoms with Crippen molar-refractivity contribution in [1.82, 2.24) is 5.32 Å². The van der Waals surface area contributed by atoms with Crippen molar-refractivity contribution in [2.45, 2.75) is 13.1 Å². The van der Waals surface area contributed by atoms with Gasteiger partial charge in [0.15, 0.2) is 11.5 Å². The number of rotatable bonds is 8. The van der Waals surface area contributed by atoms with Gasteiger partial charge in [0.2, 0.25) is 0 Å². The van der Waals surface area contributed by atoms with Crippen LogP contribution in [-0.2, 0) is 13.1 Å². The Balaban J connectivity index is 1.90. The van der Waals surface area contributed by atoms with Crippen LogP contribution in [0.4, 0.5) is 4.39 Å². The van der Waals surface area contributed by atoms with E-state index >= 15 is 0 Å². The van der Waals surface area contributed by atoms with Crippen molar-refractivity contribution in [2.75, 3.05) is 20.3 Å². The standard InChI is InChI=1S/C17H20FNO3/c1-21-17-10-14(4-7-16(17)22-9-8-20)12-19-11-13-2-5-15(18)6-3-13/h2-7,10,19-20H,8-9,11-12H2,1H3. The molecular formula is C17H20FNO3. The van der Waals surface area contributed by atoms with Crippen LogP contribution in [0.3, 0.4) is 0 Å². The molecule has 0 saturated heterocycles. The number of ether oxygens (including phenoxy) is 2. The molecule has 118 valence electrons. The Hall–Kier alpha value is -2.11. The Kier molecular flexibility index (Phi) is 6.18. The van der Waals surface area contributed by atoms with E-state index in [1.54, 1.807) is 19.2 Å². The smallest absolute Gasteiger partial charge is 0.161 e.